The van der Waals surface area contributed by atoms with Crippen LogP contribution in [-0.4, -0.2) is 56.8 Å². The average molecular weight is 434 g/mol. The number of aromatic nitrogens is 2. The van der Waals surface area contributed by atoms with E-state index in [2.05, 4.69) is 19.2 Å². The topological polar surface area (TPSA) is 105 Å². The highest BCUT2D eigenvalue weighted by molar-refractivity contribution is 7.27. The summed E-state index contributed by atoms with van der Waals surface area (Å²) in [5.41, 5.74) is 3.79. The number of ether oxygens (including phenoxy) is 2. The summed E-state index contributed by atoms with van der Waals surface area (Å²) in [4.78, 5) is 8.19. The Morgan fingerprint density at radius 3 is 2.30 bits per heavy atom. The number of aliphatic hydroxyl groups is 3. The molecular formula is C22H31N2O5P. The number of hydrogen-bond acceptors (Lipinski definition) is 7. The zero-order valence-electron chi connectivity index (χ0n) is 18.0. The lowest BCUT2D eigenvalue weighted by Gasteiger charge is -2.22. The molecule has 0 aliphatic carbocycles. The first-order chi connectivity index (χ1) is 14.2. The molecule has 30 heavy (non-hydrogen) atoms. The van der Waals surface area contributed by atoms with Gasteiger partial charge in [0.25, 0.3) is 0 Å². The summed E-state index contributed by atoms with van der Waals surface area (Å²) >= 11 is 0. The molecule has 6 atom stereocenters. The third-order valence-electron chi connectivity index (χ3n) is 5.07. The standard InChI is InChI=1S/C13H19O5P.C9H12N2/c1-6-10(14)12(16)13(18-6)11(15)7-3-4-9(19)8(5-7)17-2;1-4-5-9-7(2)10-6-11-8(9)3/h3-6,10-16H,19H2,1-2H3;4-6H,1-3H3/b;5-4-/t6-,10-,11+,12-,13+;/m0./s1. The van der Waals surface area contributed by atoms with Crippen LogP contribution in [0.3, 0.4) is 0 Å². The highest BCUT2D eigenvalue weighted by Crippen LogP contribution is 2.32. The number of methoxy groups -OCH3 is 1. The highest BCUT2D eigenvalue weighted by Gasteiger charge is 2.44. The van der Waals surface area contributed by atoms with Crippen molar-refractivity contribution in [3.05, 3.63) is 53.1 Å². The van der Waals surface area contributed by atoms with Crippen molar-refractivity contribution < 1.29 is 24.8 Å². The molecule has 2 aromatic rings. The molecule has 1 fully saturated rings. The number of hydrogen-bond donors (Lipinski definition) is 3. The molecule has 1 unspecified atom stereocenters. The second-order valence-corrected chi connectivity index (χ2v) is 7.81. The number of benzene rings is 1. The quantitative estimate of drug-likeness (QED) is 0.631. The Morgan fingerprint density at radius 1 is 1.17 bits per heavy atom. The minimum absolute atomic E-state index is 0.502. The number of rotatable bonds is 4. The second kappa shape index (κ2) is 10.9. The molecule has 2 heterocycles. The van der Waals surface area contributed by atoms with Crippen LogP contribution in [0, 0.1) is 13.8 Å². The Kier molecular flexibility index (Phi) is 8.89. The van der Waals surface area contributed by atoms with Gasteiger partial charge in [-0.2, -0.15) is 0 Å². The van der Waals surface area contributed by atoms with Crippen LogP contribution >= 0.6 is 9.24 Å². The molecule has 3 rings (SSSR count). The monoisotopic (exact) mass is 434 g/mol. The van der Waals surface area contributed by atoms with Gasteiger partial charge in [0.2, 0.25) is 0 Å². The van der Waals surface area contributed by atoms with E-state index in [0.717, 1.165) is 22.3 Å². The van der Waals surface area contributed by atoms with Gasteiger partial charge in [-0.25, -0.2) is 9.97 Å². The maximum atomic E-state index is 10.3. The third kappa shape index (κ3) is 5.62. The van der Waals surface area contributed by atoms with Crippen LogP contribution in [0.2, 0.25) is 0 Å². The summed E-state index contributed by atoms with van der Waals surface area (Å²) in [6, 6.07) is 5.22. The summed E-state index contributed by atoms with van der Waals surface area (Å²) in [6.45, 7) is 7.63. The van der Waals surface area contributed by atoms with E-state index in [0.29, 0.717) is 11.3 Å². The Balaban J connectivity index is 0.000000248. The zero-order valence-corrected chi connectivity index (χ0v) is 19.1. The highest BCUT2D eigenvalue weighted by atomic mass is 31.0. The molecule has 0 amide bonds. The SMILES string of the molecule is C/C=C\c1c(C)ncnc1C.COc1cc([C@@H](O)[C@H]2O[C@@H](C)[C@H](O)[C@@H]2O)ccc1P. The molecule has 1 aromatic carbocycles. The summed E-state index contributed by atoms with van der Waals surface area (Å²) in [5.74, 6) is 0.627. The van der Waals surface area contributed by atoms with E-state index < -0.39 is 30.5 Å². The fourth-order valence-electron chi connectivity index (χ4n) is 3.25. The van der Waals surface area contributed by atoms with Crippen LogP contribution in [0.1, 0.15) is 42.5 Å². The minimum Gasteiger partial charge on any atom is -0.496 e. The summed E-state index contributed by atoms with van der Waals surface area (Å²) in [5, 5.41) is 30.7. The van der Waals surface area contributed by atoms with E-state index in [1.54, 1.807) is 38.6 Å². The predicted molar refractivity (Wildman–Crippen MR) is 120 cm³/mol. The molecule has 7 nitrogen and oxygen atoms in total. The van der Waals surface area contributed by atoms with Gasteiger partial charge in [-0.1, -0.05) is 24.3 Å². The lowest BCUT2D eigenvalue weighted by Crippen LogP contribution is -2.35. The van der Waals surface area contributed by atoms with Crippen LogP contribution in [-0.2, 0) is 4.74 Å². The van der Waals surface area contributed by atoms with Crippen LogP contribution in [0.15, 0.2) is 30.6 Å². The van der Waals surface area contributed by atoms with E-state index in [9.17, 15) is 15.3 Å². The van der Waals surface area contributed by atoms with Crippen LogP contribution in [0.25, 0.3) is 6.08 Å². The van der Waals surface area contributed by atoms with Crippen molar-refractivity contribution in [3.8, 4) is 5.75 Å². The Bertz CT molecular complexity index is 856. The van der Waals surface area contributed by atoms with Gasteiger partial charge in [0.05, 0.1) is 13.2 Å². The van der Waals surface area contributed by atoms with E-state index in [4.69, 9.17) is 9.47 Å². The Labute approximate surface area is 180 Å². The fourth-order valence-corrected chi connectivity index (χ4v) is 3.55. The molecule has 3 N–H and O–H groups in total. The van der Waals surface area contributed by atoms with Crippen molar-refractivity contribution >= 4 is 20.6 Å². The largest absolute Gasteiger partial charge is 0.496 e. The minimum atomic E-state index is -1.10. The van der Waals surface area contributed by atoms with Gasteiger partial charge in [-0.3, -0.25) is 0 Å². The summed E-state index contributed by atoms with van der Waals surface area (Å²) < 4.78 is 10.6. The molecule has 0 bridgehead atoms. The number of aryl methyl sites for hydroxylation is 2. The van der Waals surface area contributed by atoms with Crippen molar-refractivity contribution in [2.24, 2.45) is 0 Å². The van der Waals surface area contributed by atoms with Gasteiger partial charge in [0, 0.05) is 22.3 Å². The fraction of sp³-hybridized carbons (Fsp3) is 0.455. The number of aliphatic hydroxyl groups excluding tert-OH is 3. The molecule has 0 spiro atoms. The van der Waals surface area contributed by atoms with E-state index in [-0.39, 0.29) is 0 Å². The summed E-state index contributed by atoms with van der Waals surface area (Å²) in [7, 11) is 4.08. The molecule has 1 aliphatic rings. The van der Waals surface area contributed by atoms with Crippen molar-refractivity contribution in [2.75, 3.05) is 7.11 Å². The molecule has 8 heteroatoms. The van der Waals surface area contributed by atoms with Crippen molar-refractivity contribution in [2.45, 2.75) is 58.2 Å². The average Bonchev–Trinajstić information content (AvgIpc) is 2.98. The lowest BCUT2D eigenvalue weighted by molar-refractivity contribution is -0.0636. The van der Waals surface area contributed by atoms with Crippen molar-refractivity contribution in [1.29, 1.82) is 0 Å². The van der Waals surface area contributed by atoms with E-state index in [1.807, 2.05) is 32.9 Å². The smallest absolute Gasteiger partial charge is 0.126 e. The molecular weight excluding hydrogens is 403 g/mol. The first kappa shape index (κ1) is 24.4. The van der Waals surface area contributed by atoms with Crippen LogP contribution in [0.4, 0.5) is 0 Å². The van der Waals surface area contributed by atoms with Gasteiger partial charge in [-0.05, 0) is 39.3 Å². The first-order valence-electron chi connectivity index (χ1n) is 9.75. The van der Waals surface area contributed by atoms with Gasteiger partial charge < -0.3 is 24.8 Å². The molecule has 0 saturated carbocycles. The molecule has 0 radical (unpaired) electrons. The normalized spacial score (nSPS) is 24.4. The van der Waals surface area contributed by atoms with Gasteiger partial charge in [0.15, 0.2) is 0 Å². The van der Waals surface area contributed by atoms with E-state index in [1.165, 1.54) is 0 Å². The lowest BCUT2D eigenvalue weighted by atomic mass is 9.98. The van der Waals surface area contributed by atoms with Gasteiger partial charge in [-0.15, -0.1) is 9.24 Å². The van der Waals surface area contributed by atoms with Crippen LogP contribution in [0.5, 0.6) is 5.75 Å². The third-order valence-corrected chi connectivity index (χ3v) is 5.54. The predicted octanol–water partition coefficient (Wildman–Crippen LogP) is 1.86. The second-order valence-electron chi connectivity index (χ2n) is 7.19. The zero-order chi connectivity index (χ0) is 22.4. The van der Waals surface area contributed by atoms with Gasteiger partial charge >= 0.3 is 0 Å². The molecule has 1 aliphatic heterocycles. The molecule has 164 valence electrons. The van der Waals surface area contributed by atoms with Gasteiger partial charge in [0.1, 0.15) is 36.5 Å². The Morgan fingerprint density at radius 2 is 1.80 bits per heavy atom. The maximum absolute atomic E-state index is 10.3. The van der Waals surface area contributed by atoms with Crippen molar-refractivity contribution in [3.63, 3.8) is 0 Å². The Hall–Kier alpha value is -1.89. The van der Waals surface area contributed by atoms with Crippen molar-refractivity contribution in [1.82, 2.24) is 9.97 Å². The van der Waals surface area contributed by atoms with Crippen LogP contribution < -0.4 is 10.0 Å². The summed E-state index contributed by atoms with van der Waals surface area (Å²) in [6.07, 6.45) is 1.17. The molecule has 1 saturated heterocycles. The number of nitrogens with zero attached hydrogens (tertiary/aromatic N) is 2. The first-order valence-corrected chi connectivity index (χ1v) is 10.3. The number of allylic oxidation sites excluding steroid dienone is 1. The molecule has 1 aromatic heterocycles. The maximum Gasteiger partial charge on any atom is 0.126 e. The van der Waals surface area contributed by atoms with E-state index >= 15 is 0 Å².